The van der Waals surface area contributed by atoms with E-state index in [1.807, 2.05) is 48.5 Å². The number of carbonyl (C=O) groups is 3. The zero-order valence-corrected chi connectivity index (χ0v) is 16.3. The van der Waals surface area contributed by atoms with Gasteiger partial charge in [-0.3, -0.25) is 9.59 Å². The van der Waals surface area contributed by atoms with Crippen LogP contribution in [-0.4, -0.2) is 29.0 Å². The van der Waals surface area contributed by atoms with Crippen LogP contribution in [0.25, 0.3) is 0 Å². The van der Waals surface area contributed by atoms with Crippen molar-refractivity contribution < 1.29 is 24.0 Å². The molecule has 0 spiro atoms. The van der Waals surface area contributed by atoms with Gasteiger partial charge in [-0.15, -0.1) is 0 Å². The fraction of sp³-hybridized carbons (Fsp3) is 0.125. The Morgan fingerprint density at radius 3 is 2.07 bits per heavy atom. The van der Waals surface area contributed by atoms with Gasteiger partial charge in [-0.2, -0.15) is 0 Å². The van der Waals surface area contributed by atoms with Gasteiger partial charge in [0.2, 0.25) is 0 Å². The molecule has 3 aromatic rings. The highest BCUT2D eigenvalue weighted by molar-refractivity contribution is 6.20. The molecule has 150 valence electrons. The van der Waals surface area contributed by atoms with Crippen LogP contribution in [0.4, 0.5) is 0 Å². The number of imide groups is 1. The van der Waals surface area contributed by atoms with Gasteiger partial charge in [0.1, 0.15) is 5.75 Å². The van der Waals surface area contributed by atoms with Crippen LogP contribution >= 0.6 is 0 Å². The zero-order valence-electron chi connectivity index (χ0n) is 16.3. The molecular formula is C24H19NO5. The summed E-state index contributed by atoms with van der Waals surface area (Å²) in [5.74, 6) is -1.63. The van der Waals surface area contributed by atoms with Crippen molar-refractivity contribution in [2.45, 2.75) is 19.4 Å². The van der Waals surface area contributed by atoms with Crippen molar-refractivity contribution in [3.63, 3.8) is 0 Å². The number of hydrogen-bond donors (Lipinski definition) is 0. The summed E-state index contributed by atoms with van der Waals surface area (Å²) in [7, 11) is 0. The number of hydroxylamine groups is 2. The van der Waals surface area contributed by atoms with Crippen molar-refractivity contribution in [3.8, 4) is 5.75 Å². The summed E-state index contributed by atoms with van der Waals surface area (Å²) in [4.78, 5) is 42.3. The Hall–Kier alpha value is -3.93. The van der Waals surface area contributed by atoms with Crippen LogP contribution < -0.4 is 4.74 Å². The van der Waals surface area contributed by atoms with E-state index in [0.29, 0.717) is 17.2 Å². The molecular weight excluding hydrogens is 382 g/mol. The van der Waals surface area contributed by atoms with Crippen LogP contribution in [0, 0.1) is 0 Å². The van der Waals surface area contributed by atoms with Gasteiger partial charge in [0.05, 0.1) is 11.1 Å². The number of rotatable bonds is 6. The van der Waals surface area contributed by atoms with E-state index in [2.05, 4.69) is 0 Å². The molecule has 6 nitrogen and oxygen atoms in total. The number of para-hydroxylation sites is 1. The number of fused-ring (bicyclic) bond motifs is 1. The van der Waals surface area contributed by atoms with E-state index < -0.39 is 23.9 Å². The topological polar surface area (TPSA) is 72.9 Å². The quantitative estimate of drug-likeness (QED) is 0.588. The lowest BCUT2D eigenvalue weighted by atomic mass is 10.0. The number of hydrogen-bond acceptors (Lipinski definition) is 5. The van der Waals surface area contributed by atoms with Gasteiger partial charge in [-0.05, 0) is 36.2 Å². The van der Waals surface area contributed by atoms with E-state index in [1.54, 1.807) is 18.2 Å². The number of carbonyl (C=O) groups excluding carboxylic acids is 3. The lowest BCUT2D eigenvalue weighted by Gasteiger charge is -2.19. The number of ether oxygens (including phenoxy) is 1. The molecule has 0 radical (unpaired) electrons. The number of nitrogens with zero attached hydrogens (tertiary/aromatic N) is 1. The third-order valence-electron chi connectivity index (χ3n) is 4.78. The van der Waals surface area contributed by atoms with Crippen LogP contribution in [0.1, 0.15) is 38.8 Å². The Bertz CT molecular complexity index is 1070. The first-order valence-electron chi connectivity index (χ1n) is 9.52. The predicted octanol–water partition coefficient (Wildman–Crippen LogP) is 3.80. The molecule has 30 heavy (non-hydrogen) atoms. The highest BCUT2D eigenvalue weighted by atomic mass is 16.7. The Labute approximate surface area is 173 Å². The molecule has 1 heterocycles. The van der Waals surface area contributed by atoms with Gasteiger partial charge in [-0.1, -0.05) is 65.7 Å². The minimum atomic E-state index is -1.02. The molecule has 0 bridgehead atoms. The Kier molecular flexibility index (Phi) is 5.30. The first-order chi connectivity index (χ1) is 14.5. The monoisotopic (exact) mass is 401 g/mol. The smallest absolute Gasteiger partial charge is 0.373 e. The highest BCUT2D eigenvalue weighted by Crippen LogP contribution is 2.25. The molecule has 0 saturated carbocycles. The second-order valence-corrected chi connectivity index (χ2v) is 6.89. The molecule has 0 aliphatic carbocycles. The molecule has 0 aromatic heterocycles. The molecule has 6 heteroatoms. The zero-order chi connectivity index (χ0) is 21.1. The Morgan fingerprint density at radius 1 is 0.833 bits per heavy atom. The molecule has 4 rings (SSSR count). The van der Waals surface area contributed by atoms with Gasteiger partial charge in [0.25, 0.3) is 11.8 Å². The molecule has 0 saturated heterocycles. The Morgan fingerprint density at radius 2 is 1.40 bits per heavy atom. The third kappa shape index (κ3) is 3.80. The van der Waals surface area contributed by atoms with Crippen molar-refractivity contribution in [1.29, 1.82) is 0 Å². The second-order valence-electron chi connectivity index (χ2n) is 6.89. The number of benzene rings is 3. The summed E-state index contributed by atoms with van der Waals surface area (Å²) in [6.45, 7) is 1.51. The van der Waals surface area contributed by atoms with Gasteiger partial charge < -0.3 is 9.57 Å². The maximum atomic E-state index is 12.5. The highest BCUT2D eigenvalue weighted by Gasteiger charge is 2.39. The van der Waals surface area contributed by atoms with Crippen LogP contribution in [-0.2, 0) is 16.1 Å². The van der Waals surface area contributed by atoms with Crippen molar-refractivity contribution in [2.75, 3.05) is 0 Å². The van der Waals surface area contributed by atoms with E-state index in [4.69, 9.17) is 9.57 Å². The van der Waals surface area contributed by atoms with Crippen molar-refractivity contribution in [2.24, 2.45) is 0 Å². The molecule has 1 unspecified atom stereocenters. The van der Waals surface area contributed by atoms with E-state index in [-0.39, 0.29) is 11.1 Å². The fourth-order valence-electron chi connectivity index (χ4n) is 3.23. The summed E-state index contributed by atoms with van der Waals surface area (Å²) < 4.78 is 5.81. The standard InChI is InChI=1S/C24H19NO5/c1-16(24(28)30-25-22(26)19-12-6-7-13-20(19)23(25)27)29-21-14-8-5-11-18(21)15-17-9-3-2-4-10-17/h2-14,16H,15H2,1H3. The molecule has 1 aliphatic heterocycles. The lowest BCUT2D eigenvalue weighted by molar-refractivity contribution is -0.176. The second kappa shape index (κ2) is 8.21. The minimum Gasteiger partial charge on any atom is -0.479 e. The van der Waals surface area contributed by atoms with Crippen molar-refractivity contribution in [3.05, 3.63) is 101 Å². The predicted molar refractivity (Wildman–Crippen MR) is 109 cm³/mol. The average Bonchev–Trinajstić information content (AvgIpc) is 3.01. The van der Waals surface area contributed by atoms with Crippen molar-refractivity contribution in [1.82, 2.24) is 5.06 Å². The molecule has 3 aromatic carbocycles. The van der Waals surface area contributed by atoms with Gasteiger partial charge >= 0.3 is 5.97 Å². The normalized spacial score (nSPS) is 13.7. The average molecular weight is 401 g/mol. The van der Waals surface area contributed by atoms with Crippen LogP contribution in [0.3, 0.4) is 0 Å². The maximum absolute atomic E-state index is 12.5. The molecule has 2 amide bonds. The van der Waals surface area contributed by atoms with Crippen LogP contribution in [0.15, 0.2) is 78.9 Å². The Balaban J connectivity index is 1.45. The minimum absolute atomic E-state index is 0.206. The summed E-state index contributed by atoms with van der Waals surface area (Å²) in [5, 5.41) is 0.489. The van der Waals surface area contributed by atoms with Crippen LogP contribution in [0.5, 0.6) is 5.75 Å². The molecule has 1 atom stereocenters. The van der Waals surface area contributed by atoms with Gasteiger partial charge in [-0.25, -0.2) is 4.79 Å². The van der Waals surface area contributed by atoms with Gasteiger partial charge in [0, 0.05) is 6.42 Å². The molecule has 0 fully saturated rings. The molecule has 0 N–H and O–H groups in total. The first-order valence-corrected chi connectivity index (χ1v) is 9.52. The summed E-state index contributed by atoms with van der Waals surface area (Å²) in [6.07, 6.45) is -0.386. The van der Waals surface area contributed by atoms with E-state index in [1.165, 1.54) is 19.1 Å². The largest absolute Gasteiger partial charge is 0.479 e. The van der Waals surface area contributed by atoms with E-state index >= 15 is 0 Å². The third-order valence-corrected chi connectivity index (χ3v) is 4.78. The molecule has 1 aliphatic rings. The van der Waals surface area contributed by atoms with Crippen LogP contribution in [0.2, 0.25) is 0 Å². The van der Waals surface area contributed by atoms with Crippen molar-refractivity contribution >= 4 is 17.8 Å². The van der Waals surface area contributed by atoms with E-state index in [9.17, 15) is 14.4 Å². The fourth-order valence-corrected chi connectivity index (χ4v) is 3.23. The van der Waals surface area contributed by atoms with Gasteiger partial charge in [0.15, 0.2) is 6.10 Å². The summed E-state index contributed by atoms with van der Waals surface area (Å²) in [5.41, 5.74) is 2.42. The summed E-state index contributed by atoms with van der Waals surface area (Å²) >= 11 is 0. The lowest BCUT2D eigenvalue weighted by Crippen LogP contribution is -2.37. The first kappa shape index (κ1) is 19.4. The number of amides is 2. The summed E-state index contributed by atoms with van der Waals surface area (Å²) in [6, 6.07) is 23.6. The SMILES string of the molecule is CC(Oc1ccccc1Cc1ccccc1)C(=O)ON1C(=O)c2ccccc2C1=O. The van der Waals surface area contributed by atoms with E-state index in [0.717, 1.165) is 11.1 Å². The maximum Gasteiger partial charge on any atom is 0.373 e.